The van der Waals surface area contributed by atoms with Crippen molar-refractivity contribution in [2.45, 2.75) is 22.2 Å². The molecule has 2 aromatic rings. The fourth-order valence-electron chi connectivity index (χ4n) is 1.18. The lowest BCUT2D eigenvalue weighted by atomic mass is 10.1. The smallest absolute Gasteiger partial charge is 0.178 e. The molecule has 84 valence electrons. The second-order valence-corrected chi connectivity index (χ2v) is 6.26. The van der Waals surface area contributed by atoms with E-state index in [4.69, 9.17) is 5.73 Å². The summed E-state index contributed by atoms with van der Waals surface area (Å²) >= 11 is 6.67. The quantitative estimate of drug-likeness (QED) is 0.942. The summed E-state index contributed by atoms with van der Waals surface area (Å²) in [7, 11) is 0. The summed E-state index contributed by atoms with van der Waals surface area (Å²) in [5.41, 5.74) is 8.67. The standard InChI is InChI=1S/C10H10BrN3S2/c1-6(12)7-2-3-9(8(11)4-7)16-10-14-13-5-15-10/h2-6H,12H2,1H3. The van der Waals surface area contributed by atoms with Crippen molar-refractivity contribution in [3.63, 3.8) is 0 Å². The van der Waals surface area contributed by atoms with Crippen LogP contribution in [0.15, 0.2) is 37.4 Å². The Morgan fingerprint density at radius 1 is 1.50 bits per heavy atom. The molecule has 0 spiro atoms. The van der Waals surface area contributed by atoms with E-state index >= 15 is 0 Å². The van der Waals surface area contributed by atoms with E-state index in [1.54, 1.807) is 17.3 Å². The zero-order chi connectivity index (χ0) is 11.5. The van der Waals surface area contributed by atoms with Crippen molar-refractivity contribution < 1.29 is 0 Å². The first-order chi connectivity index (χ1) is 7.66. The van der Waals surface area contributed by atoms with Crippen LogP contribution in [0.25, 0.3) is 0 Å². The van der Waals surface area contributed by atoms with Gasteiger partial charge in [0.1, 0.15) is 5.51 Å². The lowest BCUT2D eigenvalue weighted by Crippen LogP contribution is -2.04. The predicted octanol–water partition coefficient (Wildman–Crippen LogP) is 3.47. The Labute approximate surface area is 111 Å². The third-order valence-electron chi connectivity index (χ3n) is 2.02. The summed E-state index contributed by atoms with van der Waals surface area (Å²) in [6.07, 6.45) is 0. The zero-order valence-corrected chi connectivity index (χ0v) is 11.8. The molecule has 2 N–H and O–H groups in total. The van der Waals surface area contributed by atoms with Crippen LogP contribution in [0.1, 0.15) is 18.5 Å². The van der Waals surface area contributed by atoms with Gasteiger partial charge in [-0.2, -0.15) is 0 Å². The largest absolute Gasteiger partial charge is 0.324 e. The fraction of sp³-hybridized carbons (Fsp3) is 0.200. The van der Waals surface area contributed by atoms with Gasteiger partial charge in [0.05, 0.1) is 0 Å². The molecule has 0 aliphatic heterocycles. The molecule has 1 unspecified atom stereocenters. The Balaban J connectivity index is 2.23. The van der Waals surface area contributed by atoms with E-state index < -0.39 is 0 Å². The molecule has 0 saturated carbocycles. The normalized spacial score (nSPS) is 12.7. The maximum absolute atomic E-state index is 5.82. The molecule has 3 nitrogen and oxygen atoms in total. The Morgan fingerprint density at radius 2 is 2.31 bits per heavy atom. The Hall–Kier alpha value is -0.430. The molecule has 0 aliphatic carbocycles. The highest BCUT2D eigenvalue weighted by Crippen LogP contribution is 2.35. The maximum Gasteiger partial charge on any atom is 0.178 e. The number of halogens is 1. The fourth-order valence-corrected chi connectivity index (χ4v) is 3.26. The highest BCUT2D eigenvalue weighted by Gasteiger charge is 2.07. The molecule has 0 fully saturated rings. The molecular formula is C10H10BrN3S2. The average Bonchev–Trinajstić information content (AvgIpc) is 2.73. The zero-order valence-electron chi connectivity index (χ0n) is 8.55. The van der Waals surface area contributed by atoms with Gasteiger partial charge in [0.25, 0.3) is 0 Å². The van der Waals surface area contributed by atoms with E-state index in [2.05, 4.69) is 32.2 Å². The molecule has 0 radical (unpaired) electrons. The van der Waals surface area contributed by atoms with Gasteiger partial charge in [0, 0.05) is 15.4 Å². The average molecular weight is 316 g/mol. The molecule has 1 aromatic carbocycles. The van der Waals surface area contributed by atoms with Crippen LogP contribution in [0, 0.1) is 0 Å². The summed E-state index contributed by atoms with van der Waals surface area (Å²) in [5, 5.41) is 7.80. The molecule has 16 heavy (non-hydrogen) atoms. The van der Waals surface area contributed by atoms with Gasteiger partial charge >= 0.3 is 0 Å². The summed E-state index contributed by atoms with van der Waals surface area (Å²) in [6.45, 7) is 1.97. The molecule has 1 heterocycles. The van der Waals surface area contributed by atoms with Crippen molar-refractivity contribution in [1.82, 2.24) is 10.2 Å². The molecule has 0 aliphatic rings. The second kappa shape index (κ2) is 5.27. The van der Waals surface area contributed by atoms with Gasteiger partial charge in [0.2, 0.25) is 0 Å². The summed E-state index contributed by atoms with van der Waals surface area (Å²) in [4.78, 5) is 1.13. The maximum atomic E-state index is 5.82. The van der Waals surface area contributed by atoms with Gasteiger partial charge in [-0.1, -0.05) is 29.2 Å². The Kier molecular flexibility index (Phi) is 3.96. The first kappa shape index (κ1) is 12.0. The minimum atomic E-state index is 0.0527. The molecule has 0 saturated heterocycles. The first-order valence-corrected chi connectivity index (χ1v) is 7.15. The van der Waals surface area contributed by atoms with Gasteiger partial charge < -0.3 is 5.73 Å². The summed E-state index contributed by atoms with van der Waals surface area (Å²) in [6, 6.07) is 6.19. The van der Waals surface area contributed by atoms with Crippen LogP contribution >= 0.6 is 39.0 Å². The van der Waals surface area contributed by atoms with E-state index in [9.17, 15) is 0 Å². The highest BCUT2D eigenvalue weighted by molar-refractivity contribution is 9.10. The number of hydrogen-bond donors (Lipinski definition) is 1. The SMILES string of the molecule is CC(N)c1ccc(Sc2nncs2)c(Br)c1. The van der Waals surface area contributed by atoms with Crippen molar-refractivity contribution in [1.29, 1.82) is 0 Å². The van der Waals surface area contributed by atoms with Crippen molar-refractivity contribution in [3.8, 4) is 0 Å². The number of benzene rings is 1. The van der Waals surface area contributed by atoms with Gasteiger partial charge in [-0.3, -0.25) is 0 Å². The van der Waals surface area contributed by atoms with E-state index in [0.717, 1.165) is 19.3 Å². The monoisotopic (exact) mass is 315 g/mol. The van der Waals surface area contributed by atoms with Crippen LogP contribution in [0.5, 0.6) is 0 Å². The lowest BCUT2D eigenvalue weighted by molar-refractivity contribution is 0.815. The number of hydrogen-bond acceptors (Lipinski definition) is 5. The van der Waals surface area contributed by atoms with Crippen molar-refractivity contribution in [3.05, 3.63) is 33.7 Å². The van der Waals surface area contributed by atoms with E-state index in [0.29, 0.717) is 0 Å². The molecule has 2 rings (SSSR count). The van der Waals surface area contributed by atoms with Crippen LogP contribution in [0.4, 0.5) is 0 Å². The minimum Gasteiger partial charge on any atom is -0.324 e. The first-order valence-electron chi connectivity index (χ1n) is 4.66. The van der Waals surface area contributed by atoms with Crippen LogP contribution in [0.3, 0.4) is 0 Å². The van der Waals surface area contributed by atoms with Gasteiger partial charge in [-0.25, -0.2) is 0 Å². The van der Waals surface area contributed by atoms with E-state index in [-0.39, 0.29) is 6.04 Å². The van der Waals surface area contributed by atoms with E-state index in [1.165, 1.54) is 11.3 Å². The minimum absolute atomic E-state index is 0.0527. The van der Waals surface area contributed by atoms with Crippen molar-refractivity contribution >= 4 is 39.0 Å². The number of rotatable bonds is 3. The van der Waals surface area contributed by atoms with Crippen LogP contribution in [-0.4, -0.2) is 10.2 Å². The van der Waals surface area contributed by atoms with Crippen LogP contribution < -0.4 is 5.73 Å². The third kappa shape index (κ3) is 2.82. The molecule has 0 amide bonds. The van der Waals surface area contributed by atoms with Gasteiger partial charge in [-0.05, 0) is 40.5 Å². The molecular weight excluding hydrogens is 306 g/mol. The second-order valence-electron chi connectivity index (χ2n) is 3.29. The van der Waals surface area contributed by atoms with Crippen molar-refractivity contribution in [2.24, 2.45) is 5.73 Å². The number of nitrogens with two attached hydrogens (primary N) is 1. The highest BCUT2D eigenvalue weighted by atomic mass is 79.9. The third-order valence-corrected chi connectivity index (χ3v) is 4.79. The van der Waals surface area contributed by atoms with Crippen LogP contribution in [-0.2, 0) is 0 Å². The number of aromatic nitrogens is 2. The summed E-state index contributed by atoms with van der Waals surface area (Å²) < 4.78 is 1.98. The number of nitrogens with zero attached hydrogens (tertiary/aromatic N) is 2. The van der Waals surface area contributed by atoms with E-state index in [1.807, 2.05) is 19.1 Å². The molecule has 0 bridgehead atoms. The molecule has 6 heteroatoms. The Morgan fingerprint density at radius 3 is 2.88 bits per heavy atom. The van der Waals surface area contributed by atoms with Crippen LogP contribution in [0.2, 0.25) is 0 Å². The van der Waals surface area contributed by atoms with Gasteiger partial charge in [0.15, 0.2) is 4.34 Å². The Bertz CT molecular complexity index is 471. The molecule has 1 atom stereocenters. The molecule has 1 aromatic heterocycles. The predicted molar refractivity (Wildman–Crippen MR) is 70.8 cm³/mol. The summed E-state index contributed by atoms with van der Waals surface area (Å²) in [5.74, 6) is 0. The van der Waals surface area contributed by atoms with Crippen molar-refractivity contribution in [2.75, 3.05) is 0 Å². The topological polar surface area (TPSA) is 51.8 Å². The van der Waals surface area contributed by atoms with Gasteiger partial charge in [-0.15, -0.1) is 10.2 Å². The lowest BCUT2D eigenvalue weighted by Gasteiger charge is -2.08.